The minimum absolute atomic E-state index is 0.00822. The van der Waals surface area contributed by atoms with Gasteiger partial charge in [-0.15, -0.1) is 0 Å². The van der Waals surface area contributed by atoms with Crippen LogP contribution in [0.1, 0.15) is 54.9 Å². The Bertz CT molecular complexity index is 2100. The lowest BCUT2D eigenvalue weighted by atomic mass is 10.1. The molecule has 0 spiro atoms. The molecule has 6 aromatic rings. The fraction of sp³-hybridized carbons (Fsp3) is 0.158. The second-order valence-electron chi connectivity index (χ2n) is 11.0. The molecule has 0 unspecified atom stereocenters. The maximum Gasteiger partial charge on any atom is 0.338 e. The zero-order valence-corrected chi connectivity index (χ0v) is 27.4. The number of aromatic nitrogens is 3. The van der Waals surface area contributed by atoms with Crippen LogP contribution in [0.5, 0.6) is 0 Å². The largest absolute Gasteiger partial charge is 0.462 e. The average molecular weight is 674 g/mol. The van der Waals surface area contributed by atoms with Crippen LogP contribution in [0.25, 0.3) is 39.1 Å². The number of hydrogen-bond acceptors (Lipinski definition) is 5. The van der Waals surface area contributed by atoms with Gasteiger partial charge in [-0.3, -0.25) is 4.79 Å². The topological polar surface area (TPSA) is 78.5 Å². The summed E-state index contributed by atoms with van der Waals surface area (Å²) in [7, 11) is 0. The van der Waals surface area contributed by atoms with Gasteiger partial charge < -0.3 is 9.30 Å². The smallest absolute Gasteiger partial charge is 0.338 e. The van der Waals surface area contributed by atoms with E-state index in [0.717, 1.165) is 44.7 Å². The number of carbonyl (C=O) groups excluding carboxylic acids is 1. The van der Waals surface area contributed by atoms with Gasteiger partial charge in [0.1, 0.15) is 5.82 Å². The zero-order chi connectivity index (χ0) is 32.2. The molecule has 0 amide bonds. The summed E-state index contributed by atoms with van der Waals surface area (Å²) in [5.41, 5.74) is 6.37. The van der Waals surface area contributed by atoms with Crippen LogP contribution in [-0.4, -0.2) is 33.0 Å². The van der Waals surface area contributed by atoms with Gasteiger partial charge in [0, 0.05) is 21.6 Å². The molecule has 0 N–H and O–H groups in total. The number of nitrogens with zero attached hydrogens (tertiary/aromatic N) is 4. The van der Waals surface area contributed by atoms with Gasteiger partial charge >= 0.3 is 5.97 Å². The first-order valence-corrected chi connectivity index (χ1v) is 16.1. The summed E-state index contributed by atoms with van der Waals surface area (Å²) < 4.78 is 9.62. The Morgan fingerprint density at radius 1 is 0.913 bits per heavy atom. The Hall–Kier alpha value is -5.08. The number of halogens is 1. The molecule has 0 fully saturated rings. The van der Waals surface area contributed by atoms with Gasteiger partial charge in [-0.1, -0.05) is 90.4 Å². The van der Waals surface area contributed by atoms with Crippen LogP contribution < -0.4 is 5.56 Å². The normalized spacial score (nSPS) is 12.1. The van der Waals surface area contributed by atoms with Crippen molar-refractivity contribution in [1.29, 1.82) is 0 Å². The highest BCUT2D eigenvalue weighted by molar-refractivity contribution is 9.10. The first-order chi connectivity index (χ1) is 22.4. The maximum atomic E-state index is 13.9. The van der Waals surface area contributed by atoms with E-state index in [0.29, 0.717) is 28.9 Å². The quantitative estimate of drug-likeness (QED) is 0.114. The molecule has 0 bridgehead atoms. The predicted octanol–water partition coefficient (Wildman–Crippen LogP) is 8.86. The molecule has 7 nitrogen and oxygen atoms in total. The Balaban J connectivity index is 1.60. The molecule has 0 saturated carbocycles. The Morgan fingerprint density at radius 3 is 2.24 bits per heavy atom. The lowest BCUT2D eigenvalue weighted by Crippen LogP contribution is -2.23. The van der Waals surface area contributed by atoms with E-state index >= 15 is 0 Å². The summed E-state index contributed by atoms with van der Waals surface area (Å²) in [4.78, 5) is 31.2. The molecule has 0 aliphatic heterocycles. The number of esters is 1. The SMILES string of the molecule is CCOC(=O)c1ccc(-n2c(-c3ccccc3)cc(C=Nn3c([C@@H](C)CC)nc4ccc(Br)cc4c3=O)c2-c2ccccc2)cc1. The lowest BCUT2D eigenvalue weighted by molar-refractivity contribution is 0.0526. The Labute approximate surface area is 275 Å². The van der Waals surface area contributed by atoms with Gasteiger partial charge in [0.15, 0.2) is 0 Å². The number of carbonyl (C=O) groups is 1. The lowest BCUT2D eigenvalue weighted by Gasteiger charge is -2.16. The van der Waals surface area contributed by atoms with Gasteiger partial charge in [-0.25, -0.2) is 9.78 Å². The first kappa shape index (κ1) is 30.9. The summed E-state index contributed by atoms with van der Waals surface area (Å²) >= 11 is 3.50. The first-order valence-electron chi connectivity index (χ1n) is 15.3. The molecule has 0 radical (unpaired) electrons. The van der Waals surface area contributed by atoms with Crippen LogP contribution in [0.4, 0.5) is 0 Å². The minimum atomic E-state index is -0.362. The standard InChI is InChI=1S/C38H33BrN4O3/c1-4-25(3)36-41-33-21-18-30(39)23-32(33)37(44)43(36)40-24-29-22-34(26-12-8-6-9-13-26)42(35(29)27-14-10-7-11-15-27)31-19-16-28(17-20-31)38(45)46-5-2/h6-25H,4-5H2,1-3H3/t25-/m0/s1. The van der Waals surface area contributed by atoms with Gasteiger partial charge in [-0.2, -0.15) is 9.78 Å². The number of ether oxygens (including phenoxy) is 1. The van der Waals surface area contributed by atoms with E-state index in [4.69, 9.17) is 14.8 Å². The summed E-state index contributed by atoms with van der Waals surface area (Å²) in [5.74, 6) is 0.255. The van der Waals surface area contributed by atoms with Gasteiger partial charge in [0.25, 0.3) is 5.56 Å². The molecule has 2 aromatic heterocycles. The maximum absolute atomic E-state index is 13.9. The molecule has 0 aliphatic carbocycles. The van der Waals surface area contributed by atoms with Gasteiger partial charge in [0.2, 0.25) is 0 Å². The van der Waals surface area contributed by atoms with Crippen LogP contribution in [0, 0.1) is 0 Å². The third-order valence-electron chi connectivity index (χ3n) is 7.98. The van der Waals surface area contributed by atoms with Gasteiger partial charge in [-0.05, 0) is 73.0 Å². The van der Waals surface area contributed by atoms with E-state index in [1.807, 2.05) is 60.7 Å². The highest BCUT2D eigenvalue weighted by Crippen LogP contribution is 2.35. The van der Waals surface area contributed by atoms with Crippen LogP contribution in [-0.2, 0) is 4.74 Å². The zero-order valence-electron chi connectivity index (χ0n) is 25.9. The Kier molecular flexibility index (Phi) is 9.08. The summed E-state index contributed by atoms with van der Waals surface area (Å²) in [6.07, 6.45) is 2.55. The fourth-order valence-corrected chi connectivity index (χ4v) is 5.83. The van der Waals surface area contributed by atoms with Crippen molar-refractivity contribution in [3.8, 4) is 28.2 Å². The molecule has 2 heterocycles. The molecule has 46 heavy (non-hydrogen) atoms. The van der Waals surface area contributed by atoms with Crippen molar-refractivity contribution in [2.45, 2.75) is 33.1 Å². The molecule has 8 heteroatoms. The predicted molar refractivity (Wildman–Crippen MR) is 188 cm³/mol. The van der Waals surface area contributed by atoms with E-state index in [1.54, 1.807) is 31.3 Å². The second kappa shape index (κ2) is 13.5. The summed E-state index contributed by atoms with van der Waals surface area (Å²) in [5, 5.41) is 5.33. The minimum Gasteiger partial charge on any atom is -0.462 e. The fourth-order valence-electron chi connectivity index (χ4n) is 5.47. The number of hydrogen-bond donors (Lipinski definition) is 0. The van der Waals surface area contributed by atoms with E-state index in [1.165, 1.54) is 4.68 Å². The summed E-state index contributed by atoms with van der Waals surface area (Å²) in [6, 6.07) is 35.2. The third-order valence-corrected chi connectivity index (χ3v) is 8.48. The second-order valence-corrected chi connectivity index (χ2v) is 11.9. The van der Waals surface area contributed by atoms with E-state index in [9.17, 15) is 9.59 Å². The third kappa shape index (κ3) is 6.08. The summed E-state index contributed by atoms with van der Waals surface area (Å²) in [6.45, 7) is 6.23. The van der Waals surface area contributed by atoms with Crippen molar-refractivity contribution in [3.63, 3.8) is 0 Å². The molecule has 0 aliphatic rings. The molecule has 230 valence electrons. The highest BCUT2D eigenvalue weighted by Gasteiger charge is 2.21. The van der Waals surface area contributed by atoms with Crippen LogP contribution >= 0.6 is 15.9 Å². The molecular formula is C38H33BrN4O3. The number of rotatable bonds is 9. The van der Waals surface area contributed by atoms with Crippen LogP contribution in [0.15, 0.2) is 124 Å². The van der Waals surface area contributed by atoms with E-state index in [-0.39, 0.29) is 17.4 Å². The van der Waals surface area contributed by atoms with Crippen molar-refractivity contribution < 1.29 is 9.53 Å². The monoisotopic (exact) mass is 672 g/mol. The average Bonchev–Trinajstić information content (AvgIpc) is 3.48. The molecule has 6 rings (SSSR count). The van der Waals surface area contributed by atoms with Gasteiger partial charge in [0.05, 0.1) is 40.7 Å². The van der Waals surface area contributed by atoms with Crippen molar-refractivity contribution in [2.24, 2.45) is 5.10 Å². The number of fused-ring (bicyclic) bond motifs is 1. The van der Waals surface area contributed by atoms with E-state index in [2.05, 4.69) is 64.7 Å². The molecular weight excluding hydrogens is 640 g/mol. The molecule has 0 saturated heterocycles. The Morgan fingerprint density at radius 2 is 1.59 bits per heavy atom. The van der Waals surface area contributed by atoms with Crippen LogP contribution in [0.3, 0.4) is 0 Å². The highest BCUT2D eigenvalue weighted by atomic mass is 79.9. The van der Waals surface area contributed by atoms with Crippen molar-refractivity contribution >= 4 is 39.0 Å². The van der Waals surface area contributed by atoms with Crippen molar-refractivity contribution in [2.75, 3.05) is 6.61 Å². The van der Waals surface area contributed by atoms with Crippen molar-refractivity contribution in [1.82, 2.24) is 14.2 Å². The van der Waals surface area contributed by atoms with Crippen LogP contribution in [0.2, 0.25) is 0 Å². The van der Waals surface area contributed by atoms with Crippen molar-refractivity contribution in [3.05, 3.63) is 141 Å². The van der Waals surface area contributed by atoms with E-state index < -0.39 is 0 Å². The molecule has 1 atom stereocenters. The molecule has 4 aromatic carbocycles. The number of benzene rings is 4.